The van der Waals surface area contributed by atoms with E-state index in [1.54, 1.807) is 20.8 Å². The van der Waals surface area contributed by atoms with E-state index in [9.17, 15) is 9.59 Å². The van der Waals surface area contributed by atoms with Crippen LogP contribution in [0.4, 0.5) is 0 Å². The zero-order chi connectivity index (χ0) is 17.3. The van der Waals surface area contributed by atoms with E-state index < -0.39 is 36.0 Å². The number of hydrogen-bond donors (Lipinski definition) is 0. The number of carbonyl (C=O) groups is 2. The van der Waals surface area contributed by atoms with Gasteiger partial charge in [0.1, 0.15) is 6.10 Å². The average Bonchev–Trinajstić information content (AvgIpc) is 2.57. The average molecular weight is 334 g/mol. The van der Waals surface area contributed by atoms with Crippen LogP contribution in [-0.4, -0.2) is 43.3 Å². The van der Waals surface area contributed by atoms with E-state index in [2.05, 4.69) is 0 Å². The molecule has 6 nitrogen and oxygen atoms in total. The van der Waals surface area contributed by atoms with Crippen LogP contribution in [0.25, 0.3) is 0 Å². The van der Waals surface area contributed by atoms with Crippen molar-refractivity contribution in [2.75, 3.05) is 13.2 Å². The molecule has 2 heterocycles. The Balaban J connectivity index is 1.69. The predicted molar refractivity (Wildman–Crippen MR) is 84.1 cm³/mol. The van der Waals surface area contributed by atoms with Gasteiger partial charge in [0.05, 0.1) is 18.6 Å². The van der Waals surface area contributed by atoms with E-state index in [-0.39, 0.29) is 19.0 Å². The summed E-state index contributed by atoms with van der Waals surface area (Å²) in [5.41, 5.74) is 0.151. The lowest BCUT2D eigenvalue weighted by molar-refractivity contribution is -0.275. The number of carbonyl (C=O) groups excluding carboxylic acids is 2. The fourth-order valence-corrected chi connectivity index (χ4v) is 2.57. The fourth-order valence-electron chi connectivity index (χ4n) is 2.57. The third kappa shape index (κ3) is 3.50. The van der Waals surface area contributed by atoms with Gasteiger partial charge in [-0.2, -0.15) is 0 Å². The molecule has 4 atom stereocenters. The molecule has 2 aliphatic heterocycles. The van der Waals surface area contributed by atoms with Gasteiger partial charge in [-0.25, -0.2) is 0 Å². The first-order chi connectivity index (χ1) is 11.4. The predicted octanol–water partition coefficient (Wildman–Crippen LogP) is 2.03. The molecule has 0 saturated carbocycles. The van der Waals surface area contributed by atoms with Crippen molar-refractivity contribution in [3.05, 3.63) is 35.9 Å². The smallest absolute Gasteiger partial charge is 0.312 e. The minimum absolute atomic E-state index is 0.0323. The highest BCUT2D eigenvalue weighted by Crippen LogP contribution is 2.31. The maximum absolute atomic E-state index is 12.7. The van der Waals surface area contributed by atoms with Crippen LogP contribution in [0.15, 0.2) is 30.3 Å². The Morgan fingerprint density at radius 1 is 1.12 bits per heavy atom. The summed E-state index contributed by atoms with van der Waals surface area (Å²) in [4.78, 5) is 24.7. The maximum Gasteiger partial charge on any atom is 0.312 e. The van der Waals surface area contributed by atoms with Gasteiger partial charge in [-0.05, 0) is 20.8 Å². The Bertz CT molecular complexity index is 606. The molecule has 0 spiro atoms. The molecule has 0 amide bonds. The molecule has 2 fully saturated rings. The Kier molecular flexibility index (Phi) is 4.71. The van der Waals surface area contributed by atoms with Gasteiger partial charge in [0.15, 0.2) is 18.5 Å². The van der Waals surface area contributed by atoms with Crippen molar-refractivity contribution in [3.63, 3.8) is 0 Å². The van der Waals surface area contributed by atoms with E-state index in [0.29, 0.717) is 0 Å². The lowest BCUT2D eigenvalue weighted by Crippen LogP contribution is -2.57. The molecule has 24 heavy (non-hydrogen) atoms. The number of rotatable bonds is 2. The number of fused-ring (bicyclic) bond motifs is 1. The number of ketones is 1. The second kappa shape index (κ2) is 6.63. The van der Waals surface area contributed by atoms with Crippen molar-refractivity contribution in [1.29, 1.82) is 0 Å². The zero-order valence-electron chi connectivity index (χ0n) is 14.1. The molecular formula is C18H22O6. The van der Waals surface area contributed by atoms with Gasteiger partial charge >= 0.3 is 5.97 Å². The van der Waals surface area contributed by atoms with Crippen LogP contribution in [0.2, 0.25) is 0 Å². The molecule has 0 aliphatic carbocycles. The van der Waals surface area contributed by atoms with E-state index in [1.807, 2.05) is 30.3 Å². The second-order valence-corrected chi connectivity index (χ2v) is 7.05. The van der Waals surface area contributed by atoms with Crippen LogP contribution in [0.1, 0.15) is 32.6 Å². The van der Waals surface area contributed by atoms with E-state index in [4.69, 9.17) is 18.9 Å². The highest BCUT2D eigenvalue weighted by Gasteiger charge is 2.46. The van der Waals surface area contributed by atoms with Crippen molar-refractivity contribution in [2.24, 2.45) is 5.41 Å². The second-order valence-electron chi connectivity index (χ2n) is 7.05. The van der Waals surface area contributed by atoms with Gasteiger partial charge in [-0.15, -0.1) is 0 Å². The lowest BCUT2D eigenvalue weighted by atomic mass is 9.96. The molecule has 0 radical (unpaired) electrons. The first-order valence-corrected chi connectivity index (χ1v) is 8.04. The normalized spacial score (nSPS) is 30.5. The summed E-state index contributed by atoms with van der Waals surface area (Å²) in [7, 11) is 0. The first kappa shape index (κ1) is 17.1. The molecule has 130 valence electrons. The van der Waals surface area contributed by atoms with Gasteiger partial charge < -0.3 is 18.9 Å². The Labute approximate surface area is 141 Å². The van der Waals surface area contributed by atoms with Crippen LogP contribution >= 0.6 is 0 Å². The number of hydrogen-bond acceptors (Lipinski definition) is 6. The number of Topliss-reactive ketones (excluding diaryl/α,β-unsaturated/α-hetero) is 1. The van der Waals surface area contributed by atoms with Crippen LogP contribution in [0, 0.1) is 5.41 Å². The van der Waals surface area contributed by atoms with Crippen LogP contribution in [0.5, 0.6) is 0 Å². The summed E-state index contributed by atoms with van der Waals surface area (Å²) in [6, 6.07) is 9.39. The lowest BCUT2D eigenvalue weighted by Gasteiger charge is -2.40. The van der Waals surface area contributed by atoms with E-state index in [1.165, 1.54) is 0 Å². The highest BCUT2D eigenvalue weighted by atomic mass is 16.7. The van der Waals surface area contributed by atoms with Crippen LogP contribution in [0.3, 0.4) is 0 Å². The summed E-state index contributed by atoms with van der Waals surface area (Å²) >= 11 is 0. The Morgan fingerprint density at radius 2 is 1.83 bits per heavy atom. The van der Waals surface area contributed by atoms with Gasteiger partial charge in [0, 0.05) is 5.56 Å². The van der Waals surface area contributed by atoms with E-state index >= 15 is 0 Å². The summed E-state index contributed by atoms with van der Waals surface area (Å²) in [5, 5.41) is 0. The standard InChI is InChI=1S/C18H22O6/c1-18(2,3)17(20)23-12-9-21-13-10-22-16(24-15(13)14(12)19)11-7-5-4-6-8-11/h4-8,12-13,15-16H,9-10H2,1-3H3/t12-,13+,15?,16+/m0/s1. The molecular weight excluding hydrogens is 312 g/mol. The molecule has 0 bridgehead atoms. The molecule has 1 unspecified atom stereocenters. The summed E-state index contributed by atoms with van der Waals surface area (Å²) < 4.78 is 22.4. The van der Waals surface area contributed by atoms with Gasteiger partial charge in [-0.3, -0.25) is 9.59 Å². The molecule has 6 heteroatoms. The summed E-state index contributed by atoms with van der Waals surface area (Å²) in [6.07, 6.45) is -2.83. The molecule has 2 saturated heterocycles. The molecule has 0 N–H and O–H groups in total. The van der Waals surface area contributed by atoms with Gasteiger partial charge in [-0.1, -0.05) is 30.3 Å². The summed E-state index contributed by atoms with van der Waals surface area (Å²) in [6.45, 7) is 5.51. The zero-order valence-corrected chi connectivity index (χ0v) is 14.1. The minimum atomic E-state index is -0.938. The van der Waals surface area contributed by atoms with Crippen molar-refractivity contribution in [1.82, 2.24) is 0 Å². The van der Waals surface area contributed by atoms with Gasteiger partial charge in [0.25, 0.3) is 0 Å². The summed E-state index contributed by atoms with van der Waals surface area (Å²) in [5.74, 6) is -0.706. The molecule has 1 aromatic rings. The molecule has 2 aliphatic rings. The third-order valence-corrected chi connectivity index (χ3v) is 4.01. The number of esters is 1. The van der Waals surface area contributed by atoms with Crippen molar-refractivity contribution in [2.45, 2.75) is 45.4 Å². The van der Waals surface area contributed by atoms with Gasteiger partial charge in [0.2, 0.25) is 5.78 Å². The molecule has 3 rings (SSSR count). The third-order valence-electron chi connectivity index (χ3n) is 4.01. The number of benzene rings is 1. The Hall–Kier alpha value is -1.76. The maximum atomic E-state index is 12.7. The van der Waals surface area contributed by atoms with Crippen molar-refractivity contribution < 1.29 is 28.5 Å². The Morgan fingerprint density at radius 3 is 2.50 bits per heavy atom. The topological polar surface area (TPSA) is 71.1 Å². The first-order valence-electron chi connectivity index (χ1n) is 8.04. The minimum Gasteiger partial charge on any atom is -0.451 e. The molecule has 0 aromatic heterocycles. The fraction of sp³-hybridized carbons (Fsp3) is 0.556. The quantitative estimate of drug-likeness (QED) is 0.771. The SMILES string of the molecule is CC(C)(C)C(=O)O[C@H]1CO[C@@H]2CO[C@@H](c3ccccc3)OC2C1=O. The largest absolute Gasteiger partial charge is 0.451 e. The van der Waals surface area contributed by atoms with Crippen LogP contribution in [-0.2, 0) is 28.5 Å². The van der Waals surface area contributed by atoms with E-state index in [0.717, 1.165) is 5.56 Å². The van der Waals surface area contributed by atoms with Crippen molar-refractivity contribution in [3.8, 4) is 0 Å². The highest BCUT2D eigenvalue weighted by molar-refractivity contribution is 5.91. The monoisotopic (exact) mass is 334 g/mol. The van der Waals surface area contributed by atoms with Crippen LogP contribution < -0.4 is 0 Å². The number of ether oxygens (including phenoxy) is 4. The van der Waals surface area contributed by atoms with Crippen molar-refractivity contribution >= 4 is 11.8 Å². The molecule has 1 aromatic carbocycles.